The third-order valence-electron chi connectivity index (χ3n) is 4.95. The van der Waals surface area contributed by atoms with Gasteiger partial charge in [-0.1, -0.05) is 24.3 Å². The van der Waals surface area contributed by atoms with E-state index in [9.17, 15) is 4.79 Å². The first-order valence-corrected chi connectivity index (χ1v) is 9.37. The number of amides is 1. The van der Waals surface area contributed by atoms with E-state index in [-0.39, 0.29) is 5.91 Å². The summed E-state index contributed by atoms with van der Waals surface area (Å²) >= 11 is 0. The maximum Gasteiger partial charge on any atom is 0.278 e. The largest absolute Gasteiger partial charge is 0.324 e. The highest BCUT2D eigenvalue weighted by Crippen LogP contribution is 2.25. The van der Waals surface area contributed by atoms with Crippen molar-refractivity contribution in [2.45, 2.75) is 6.92 Å². The smallest absolute Gasteiger partial charge is 0.278 e. The number of nitrogens with zero attached hydrogens (tertiary/aromatic N) is 4. The van der Waals surface area contributed by atoms with Gasteiger partial charge in [0.05, 0.1) is 22.7 Å². The van der Waals surface area contributed by atoms with Gasteiger partial charge in [-0.2, -0.15) is 5.26 Å². The van der Waals surface area contributed by atoms with Crippen LogP contribution in [0.25, 0.3) is 27.8 Å². The molecule has 144 valence electrons. The van der Waals surface area contributed by atoms with Gasteiger partial charge in [0.1, 0.15) is 11.3 Å². The quantitative estimate of drug-likeness (QED) is 0.478. The minimum Gasteiger partial charge on any atom is -0.324 e. The number of nitriles is 1. The van der Waals surface area contributed by atoms with Crippen LogP contribution in [0.2, 0.25) is 0 Å². The average molecular weight is 392 g/mol. The van der Waals surface area contributed by atoms with Gasteiger partial charge in [-0.25, -0.2) is 9.97 Å². The van der Waals surface area contributed by atoms with Crippen LogP contribution >= 0.6 is 0 Å². The summed E-state index contributed by atoms with van der Waals surface area (Å²) in [5.41, 5.74) is 6.06. The molecule has 0 saturated carbocycles. The lowest BCUT2D eigenvalue weighted by Crippen LogP contribution is -2.13. The number of aromatic nitrogens is 4. The molecule has 0 aliphatic carbocycles. The van der Waals surface area contributed by atoms with E-state index in [1.54, 1.807) is 12.3 Å². The Bertz CT molecular complexity index is 1470. The van der Waals surface area contributed by atoms with Crippen molar-refractivity contribution in [3.8, 4) is 17.2 Å². The minimum atomic E-state index is -0.334. The predicted molar refractivity (Wildman–Crippen MR) is 114 cm³/mol. The van der Waals surface area contributed by atoms with E-state index in [2.05, 4.69) is 26.3 Å². The van der Waals surface area contributed by atoms with Crippen LogP contribution in [0.3, 0.4) is 0 Å². The molecule has 0 bridgehead atoms. The van der Waals surface area contributed by atoms with Crippen LogP contribution in [0.1, 0.15) is 21.6 Å². The van der Waals surface area contributed by atoms with Gasteiger partial charge in [-0.05, 0) is 53.9 Å². The van der Waals surface area contributed by atoms with Crippen LogP contribution < -0.4 is 5.32 Å². The molecule has 2 aromatic carbocycles. The normalized spacial score (nSPS) is 10.9. The predicted octanol–water partition coefficient (Wildman–Crippen LogP) is 4.31. The van der Waals surface area contributed by atoms with E-state index < -0.39 is 0 Å². The maximum absolute atomic E-state index is 12.7. The van der Waals surface area contributed by atoms with Crippen molar-refractivity contribution in [2.24, 2.45) is 0 Å². The van der Waals surface area contributed by atoms with Gasteiger partial charge in [-0.3, -0.25) is 10.1 Å². The number of aryl methyl sites for hydroxylation is 1. The summed E-state index contributed by atoms with van der Waals surface area (Å²) in [5.74, 6) is 0.0193. The van der Waals surface area contributed by atoms with Crippen molar-refractivity contribution in [3.63, 3.8) is 0 Å². The molecule has 30 heavy (non-hydrogen) atoms. The highest BCUT2D eigenvalue weighted by molar-refractivity contribution is 6.03. The fourth-order valence-electron chi connectivity index (χ4n) is 3.45. The molecule has 5 rings (SSSR count). The van der Waals surface area contributed by atoms with Crippen LogP contribution in [0, 0.1) is 18.3 Å². The SMILES string of the molecule is Cc1cccn2cc(C(=O)Nc3nc4cc(-c5cccc(C#N)c5)ccc4[nH]3)nc12. The Balaban J connectivity index is 1.44. The van der Waals surface area contributed by atoms with Crippen molar-refractivity contribution < 1.29 is 4.79 Å². The van der Waals surface area contributed by atoms with Crippen LogP contribution in [-0.2, 0) is 0 Å². The van der Waals surface area contributed by atoms with E-state index >= 15 is 0 Å². The molecule has 0 aliphatic heterocycles. The average Bonchev–Trinajstić information content (AvgIpc) is 3.37. The fourth-order valence-corrected chi connectivity index (χ4v) is 3.45. The summed E-state index contributed by atoms with van der Waals surface area (Å²) in [6, 6.07) is 19.2. The van der Waals surface area contributed by atoms with Gasteiger partial charge in [0.25, 0.3) is 5.91 Å². The second-order valence-corrected chi connectivity index (χ2v) is 7.01. The Morgan fingerprint density at radius 1 is 1.10 bits per heavy atom. The second-order valence-electron chi connectivity index (χ2n) is 7.01. The Hall–Kier alpha value is -4.44. The molecule has 2 N–H and O–H groups in total. The molecule has 3 heterocycles. The van der Waals surface area contributed by atoms with E-state index in [1.807, 2.05) is 66.1 Å². The lowest BCUT2D eigenvalue weighted by atomic mass is 10.0. The number of anilines is 1. The topological polar surface area (TPSA) is 98.9 Å². The highest BCUT2D eigenvalue weighted by atomic mass is 16.2. The zero-order chi connectivity index (χ0) is 20.7. The fraction of sp³-hybridized carbons (Fsp3) is 0.0435. The van der Waals surface area contributed by atoms with Crippen LogP contribution in [0.4, 0.5) is 5.95 Å². The van der Waals surface area contributed by atoms with Gasteiger partial charge in [0, 0.05) is 12.4 Å². The first-order valence-electron chi connectivity index (χ1n) is 9.37. The van der Waals surface area contributed by atoms with Gasteiger partial charge in [0.15, 0.2) is 0 Å². The number of aromatic amines is 1. The Kier molecular flexibility index (Phi) is 4.04. The first-order chi connectivity index (χ1) is 14.6. The first kappa shape index (κ1) is 17.6. The number of carbonyl (C=O) groups is 1. The highest BCUT2D eigenvalue weighted by Gasteiger charge is 2.14. The number of fused-ring (bicyclic) bond motifs is 2. The number of hydrogen-bond donors (Lipinski definition) is 2. The standard InChI is InChI=1S/C23H16N6O/c1-14-4-3-9-29-13-20(25-21(14)29)22(30)28-23-26-18-8-7-17(11-19(18)27-23)16-6-2-5-15(10-16)12-24/h2-11,13H,1H3,(H2,26,27,28,30). The Morgan fingerprint density at radius 2 is 1.97 bits per heavy atom. The number of pyridine rings is 1. The lowest BCUT2D eigenvalue weighted by Gasteiger charge is -2.01. The monoisotopic (exact) mass is 392 g/mol. The molecule has 0 aliphatic rings. The van der Waals surface area contributed by atoms with Crippen molar-refractivity contribution in [1.29, 1.82) is 5.26 Å². The molecule has 5 aromatic rings. The summed E-state index contributed by atoms with van der Waals surface area (Å²) in [6.45, 7) is 1.95. The summed E-state index contributed by atoms with van der Waals surface area (Å²) in [5, 5.41) is 11.9. The van der Waals surface area contributed by atoms with Crippen molar-refractivity contribution in [1.82, 2.24) is 19.4 Å². The zero-order valence-corrected chi connectivity index (χ0v) is 16.0. The third-order valence-corrected chi connectivity index (χ3v) is 4.95. The molecule has 0 spiro atoms. The Morgan fingerprint density at radius 3 is 2.80 bits per heavy atom. The number of imidazole rings is 2. The van der Waals surface area contributed by atoms with Crippen LogP contribution in [0.5, 0.6) is 0 Å². The minimum absolute atomic E-state index is 0.318. The van der Waals surface area contributed by atoms with E-state index in [0.29, 0.717) is 17.2 Å². The molecule has 7 heteroatoms. The van der Waals surface area contributed by atoms with Crippen LogP contribution in [-0.4, -0.2) is 25.3 Å². The van der Waals surface area contributed by atoms with Gasteiger partial charge >= 0.3 is 0 Å². The molecule has 0 atom stereocenters. The van der Waals surface area contributed by atoms with Crippen LogP contribution in [0.15, 0.2) is 67.0 Å². The molecule has 1 amide bonds. The second kappa shape index (κ2) is 6.87. The molecular formula is C23H16N6O. The molecule has 0 unspecified atom stereocenters. The molecule has 3 aromatic heterocycles. The summed E-state index contributed by atoms with van der Waals surface area (Å²) < 4.78 is 1.82. The summed E-state index contributed by atoms with van der Waals surface area (Å²) in [7, 11) is 0. The Labute approximate surface area is 171 Å². The number of benzene rings is 2. The molecule has 7 nitrogen and oxygen atoms in total. The number of hydrogen-bond acceptors (Lipinski definition) is 4. The summed E-state index contributed by atoms with van der Waals surface area (Å²) in [6.07, 6.45) is 3.55. The summed E-state index contributed by atoms with van der Waals surface area (Å²) in [4.78, 5) is 24.7. The van der Waals surface area contributed by atoms with Gasteiger partial charge in [-0.15, -0.1) is 0 Å². The third kappa shape index (κ3) is 3.06. The van der Waals surface area contributed by atoms with Crippen molar-refractivity contribution in [2.75, 3.05) is 5.32 Å². The number of H-pyrrole nitrogens is 1. The van der Waals surface area contributed by atoms with E-state index in [1.165, 1.54) is 0 Å². The molecule has 0 saturated heterocycles. The van der Waals surface area contributed by atoms with Crippen molar-refractivity contribution in [3.05, 3.63) is 83.8 Å². The maximum atomic E-state index is 12.7. The molecular weight excluding hydrogens is 376 g/mol. The molecule has 0 fully saturated rings. The number of nitrogens with one attached hydrogen (secondary N) is 2. The van der Waals surface area contributed by atoms with Gasteiger partial charge < -0.3 is 9.38 Å². The number of rotatable bonds is 3. The lowest BCUT2D eigenvalue weighted by molar-refractivity contribution is 0.102. The van der Waals surface area contributed by atoms with E-state index in [4.69, 9.17) is 5.26 Å². The van der Waals surface area contributed by atoms with Gasteiger partial charge in [0.2, 0.25) is 5.95 Å². The molecule has 0 radical (unpaired) electrons. The van der Waals surface area contributed by atoms with E-state index in [0.717, 1.165) is 33.4 Å². The zero-order valence-electron chi connectivity index (χ0n) is 16.0. The van der Waals surface area contributed by atoms with Crippen molar-refractivity contribution >= 4 is 28.5 Å². The number of carbonyl (C=O) groups excluding carboxylic acids is 1.